The van der Waals surface area contributed by atoms with E-state index in [2.05, 4.69) is 26.8 Å². The number of aromatic amines is 1. The van der Waals surface area contributed by atoms with Crippen LogP contribution in [0.15, 0.2) is 79.3 Å². The summed E-state index contributed by atoms with van der Waals surface area (Å²) >= 11 is 0. The van der Waals surface area contributed by atoms with Gasteiger partial charge in [0.2, 0.25) is 0 Å². The third kappa shape index (κ3) is 5.11. The molecule has 2 N–H and O–H groups in total. The van der Waals surface area contributed by atoms with Crippen molar-refractivity contribution in [2.24, 2.45) is 0 Å². The normalized spacial score (nSPS) is 15.0. The lowest BCUT2D eigenvalue weighted by molar-refractivity contribution is -0.129. The van der Waals surface area contributed by atoms with Crippen molar-refractivity contribution in [3.8, 4) is 17.6 Å². The number of nitrogens with zero attached hydrogens (tertiary/aromatic N) is 4. The number of aromatic nitrogens is 3. The molecule has 5 rings (SSSR count). The molecule has 0 aliphatic carbocycles. The van der Waals surface area contributed by atoms with Crippen molar-refractivity contribution in [1.82, 2.24) is 19.9 Å². The van der Waals surface area contributed by atoms with Crippen LogP contribution in [0.1, 0.15) is 35.2 Å². The minimum Gasteiger partial charge on any atom is -0.457 e. The van der Waals surface area contributed by atoms with E-state index in [1.54, 1.807) is 35.4 Å². The molecule has 4 aromatic rings. The lowest BCUT2D eigenvalue weighted by atomic mass is 10.0. The van der Waals surface area contributed by atoms with Gasteiger partial charge in [-0.15, -0.1) is 0 Å². The smallest absolute Gasteiger partial charge is 0.264 e. The first-order chi connectivity index (χ1) is 18.5. The highest BCUT2D eigenvalue weighted by molar-refractivity contribution is 6.18. The van der Waals surface area contributed by atoms with Gasteiger partial charge >= 0.3 is 0 Å². The van der Waals surface area contributed by atoms with E-state index in [9.17, 15) is 9.59 Å². The number of fused-ring (bicyclic) bond motifs is 1. The lowest BCUT2D eigenvalue weighted by Crippen LogP contribution is -2.47. The van der Waals surface area contributed by atoms with Crippen LogP contribution in [-0.4, -0.2) is 50.7 Å². The highest BCUT2D eigenvalue weighted by Gasteiger charge is 2.28. The van der Waals surface area contributed by atoms with Crippen molar-refractivity contribution in [3.05, 3.63) is 90.4 Å². The largest absolute Gasteiger partial charge is 0.457 e. The summed E-state index contributed by atoms with van der Waals surface area (Å²) in [5, 5.41) is 13.0. The summed E-state index contributed by atoms with van der Waals surface area (Å²) in [6, 6.07) is 18.1. The molecule has 2 aromatic carbocycles. The number of para-hydroxylation sites is 1. The number of carbonyl (C=O) groups is 2. The van der Waals surface area contributed by atoms with Crippen LogP contribution in [0.3, 0.4) is 0 Å². The van der Waals surface area contributed by atoms with Gasteiger partial charge < -0.3 is 19.9 Å². The van der Waals surface area contributed by atoms with Gasteiger partial charge in [0.1, 0.15) is 40.9 Å². The fraction of sp³-hybridized carbons (Fsp3) is 0.207. The van der Waals surface area contributed by atoms with Gasteiger partial charge in [-0.2, -0.15) is 5.26 Å². The van der Waals surface area contributed by atoms with E-state index < -0.39 is 0 Å². The van der Waals surface area contributed by atoms with Crippen LogP contribution in [0.5, 0.6) is 11.5 Å². The van der Waals surface area contributed by atoms with Gasteiger partial charge in [0, 0.05) is 30.9 Å². The van der Waals surface area contributed by atoms with Crippen molar-refractivity contribution in [2.45, 2.75) is 25.3 Å². The summed E-state index contributed by atoms with van der Waals surface area (Å²) in [7, 11) is 0. The topological polar surface area (TPSA) is 124 Å². The zero-order valence-electron chi connectivity index (χ0n) is 20.7. The van der Waals surface area contributed by atoms with Crippen LogP contribution in [-0.2, 0) is 4.79 Å². The number of piperidine rings is 1. The second kappa shape index (κ2) is 11.0. The van der Waals surface area contributed by atoms with Gasteiger partial charge in [0.25, 0.3) is 5.91 Å². The highest BCUT2D eigenvalue weighted by Crippen LogP contribution is 2.28. The number of nitrogens with one attached hydrogen (secondary N) is 2. The quantitative estimate of drug-likeness (QED) is 0.199. The van der Waals surface area contributed by atoms with Crippen LogP contribution < -0.4 is 10.1 Å². The Kier molecular flexibility index (Phi) is 7.13. The van der Waals surface area contributed by atoms with Crippen LogP contribution >= 0.6 is 0 Å². The van der Waals surface area contributed by atoms with E-state index in [4.69, 9.17) is 10.00 Å². The first kappa shape index (κ1) is 24.7. The number of hydrogen-bond acceptors (Lipinski definition) is 7. The molecule has 1 amide bonds. The Hall–Kier alpha value is -4.97. The molecular weight excluding hydrogens is 480 g/mol. The minimum absolute atomic E-state index is 0.0694. The van der Waals surface area contributed by atoms with E-state index in [1.807, 2.05) is 36.4 Å². The third-order valence-electron chi connectivity index (χ3n) is 6.60. The summed E-state index contributed by atoms with van der Waals surface area (Å²) < 4.78 is 5.83. The molecule has 1 fully saturated rings. The van der Waals surface area contributed by atoms with Gasteiger partial charge in [-0.05, 0) is 55.7 Å². The summed E-state index contributed by atoms with van der Waals surface area (Å²) in [6.45, 7) is 4.57. The molecule has 1 atom stereocenters. The molecule has 0 saturated carbocycles. The number of likely N-dealkylation sites (tertiary alicyclic amines) is 1. The van der Waals surface area contributed by atoms with Crippen LogP contribution in [0.4, 0.5) is 5.82 Å². The molecule has 9 nitrogen and oxygen atoms in total. The van der Waals surface area contributed by atoms with Crippen LogP contribution in [0, 0.1) is 11.3 Å². The number of nitriles is 1. The van der Waals surface area contributed by atoms with Crippen LogP contribution in [0.2, 0.25) is 0 Å². The molecule has 1 aliphatic heterocycles. The minimum atomic E-state index is -0.343. The first-order valence-corrected chi connectivity index (χ1v) is 12.4. The third-order valence-corrected chi connectivity index (χ3v) is 6.60. The number of ether oxygens (including phenoxy) is 1. The SMILES string of the molecule is C=C(C#N)C(=O)N1CCCCC1CNc1ncnc2[nH]cc(C(=O)c3ccc(Oc4ccccc4)cc3)c12. The zero-order chi connectivity index (χ0) is 26.5. The Labute approximate surface area is 219 Å². The molecule has 0 bridgehead atoms. The van der Waals surface area contributed by atoms with E-state index in [-0.39, 0.29) is 23.3 Å². The summed E-state index contributed by atoms with van der Waals surface area (Å²) in [6.07, 6.45) is 5.71. The van der Waals surface area contributed by atoms with Gasteiger partial charge in [0.05, 0.1) is 10.9 Å². The number of hydrogen-bond donors (Lipinski definition) is 2. The summed E-state index contributed by atoms with van der Waals surface area (Å²) in [4.78, 5) is 39.5. The van der Waals surface area contributed by atoms with Crippen LogP contribution in [0.25, 0.3) is 11.0 Å². The highest BCUT2D eigenvalue weighted by atomic mass is 16.5. The molecule has 190 valence electrons. The van der Waals surface area contributed by atoms with E-state index >= 15 is 0 Å². The predicted octanol–water partition coefficient (Wildman–Crippen LogP) is 4.85. The van der Waals surface area contributed by atoms with Gasteiger partial charge in [-0.3, -0.25) is 9.59 Å². The van der Waals surface area contributed by atoms with Gasteiger partial charge in [-0.25, -0.2) is 9.97 Å². The van der Waals surface area contributed by atoms with E-state index in [0.717, 1.165) is 19.3 Å². The summed E-state index contributed by atoms with van der Waals surface area (Å²) in [5.74, 6) is 1.32. The molecule has 1 aliphatic rings. The number of amides is 1. The second-order valence-corrected chi connectivity index (χ2v) is 9.04. The standard InChI is InChI=1S/C29H26N6O3/c1-19(15-30)29(37)35-14-6-5-7-21(35)16-31-27-25-24(17-32-28(25)34-18-33-27)26(36)20-10-12-23(13-11-20)38-22-8-3-2-4-9-22/h2-4,8-13,17-18,21H,1,5-7,14,16H2,(H2,31,32,33,34). The Balaban J connectivity index is 1.35. The molecule has 2 aromatic heterocycles. The Bertz CT molecular complexity index is 1520. The number of H-pyrrole nitrogens is 1. The van der Waals surface area contributed by atoms with Crippen molar-refractivity contribution in [1.29, 1.82) is 5.26 Å². The maximum absolute atomic E-state index is 13.5. The molecule has 0 spiro atoms. The second-order valence-electron chi connectivity index (χ2n) is 9.04. The number of ketones is 1. The molecule has 38 heavy (non-hydrogen) atoms. The average molecular weight is 507 g/mol. The molecular formula is C29H26N6O3. The number of anilines is 1. The maximum atomic E-state index is 13.5. The Morgan fingerprint density at radius 1 is 1.11 bits per heavy atom. The predicted molar refractivity (Wildman–Crippen MR) is 143 cm³/mol. The van der Waals surface area contributed by atoms with E-state index in [1.165, 1.54) is 6.33 Å². The van der Waals surface area contributed by atoms with Crippen molar-refractivity contribution in [3.63, 3.8) is 0 Å². The summed E-state index contributed by atoms with van der Waals surface area (Å²) in [5.41, 5.74) is 1.40. The Morgan fingerprint density at radius 3 is 2.63 bits per heavy atom. The molecule has 1 saturated heterocycles. The van der Waals surface area contributed by atoms with Gasteiger partial charge in [-0.1, -0.05) is 24.8 Å². The Morgan fingerprint density at radius 2 is 1.87 bits per heavy atom. The van der Waals surface area contributed by atoms with Crippen molar-refractivity contribution >= 4 is 28.5 Å². The number of rotatable bonds is 8. The molecule has 0 radical (unpaired) electrons. The molecule has 3 heterocycles. The molecule has 1 unspecified atom stereocenters. The fourth-order valence-corrected chi connectivity index (χ4v) is 4.65. The first-order valence-electron chi connectivity index (χ1n) is 12.4. The zero-order valence-corrected chi connectivity index (χ0v) is 20.7. The number of carbonyl (C=O) groups excluding carboxylic acids is 2. The monoisotopic (exact) mass is 506 g/mol. The van der Waals surface area contributed by atoms with E-state index in [0.29, 0.717) is 52.6 Å². The van der Waals surface area contributed by atoms with Crippen molar-refractivity contribution < 1.29 is 14.3 Å². The lowest BCUT2D eigenvalue weighted by Gasteiger charge is -2.35. The average Bonchev–Trinajstić information content (AvgIpc) is 3.41. The molecule has 9 heteroatoms. The van der Waals surface area contributed by atoms with Gasteiger partial charge in [0.15, 0.2) is 5.78 Å². The van der Waals surface area contributed by atoms with Crippen molar-refractivity contribution in [2.75, 3.05) is 18.4 Å². The fourth-order valence-electron chi connectivity index (χ4n) is 4.65. The number of benzene rings is 2. The maximum Gasteiger partial charge on any atom is 0.264 e.